The number of hydrogen-bond donors (Lipinski definition) is 0. The van der Waals surface area contributed by atoms with Crippen molar-refractivity contribution in [3.63, 3.8) is 0 Å². The third-order valence-electron chi connectivity index (χ3n) is 5.37. The van der Waals surface area contributed by atoms with Crippen molar-refractivity contribution in [1.29, 1.82) is 0 Å². The summed E-state index contributed by atoms with van der Waals surface area (Å²) < 4.78 is 21.6. The average molecular weight is 422 g/mol. The van der Waals surface area contributed by atoms with Gasteiger partial charge in [0.15, 0.2) is 5.69 Å². The fourth-order valence-corrected chi connectivity index (χ4v) is 3.81. The van der Waals surface area contributed by atoms with Crippen molar-refractivity contribution in [3.8, 4) is 39.9 Å². The van der Waals surface area contributed by atoms with Crippen LogP contribution in [0.2, 0.25) is 0 Å². The molecule has 7 nitrogen and oxygen atoms in total. The summed E-state index contributed by atoms with van der Waals surface area (Å²) in [6, 6.07) is 16.0. The Bertz CT molecular complexity index is 1470. The Morgan fingerprint density at radius 3 is 2.72 bits per heavy atom. The average Bonchev–Trinajstić information content (AvgIpc) is 3.58. The van der Waals surface area contributed by atoms with E-state index in [2.05, 4.69) is 43.7 Å². The Labute approximate surface area is 181 Å². The topological polar surface area (TPSA) is 82.5 Å². The van der Waals surface area contributed by atoms with E-state index in [1.165, 1.54) is 16.3 Å². The lowest BCUT2D eigenvalue weighted by Crippen LogP contribution is -2.02. The molecule has 154 valence electrons. The Balaban J connectivity index is 1.49. The Kier molecular flexibility index (Phi) is 4.21. The zero-order valence-corrected chi connectivity index (χ0v) is 16.7. The molecule has 6 rings (SSSR count). The first-order valence-corrected chi connectivity index (χ1v) is 10.0. The second-order valence-corrected chi connectivity index (χ2v) is 7.33. The number of halogens is 1. The number of aromatic nitrogens is 6. The molecule has 0 N–H and O–H groups in total. The summed E-state index contributed by atoms with van der Waals surface area (Å²) in [6.45, 7) is 0. The molecule has 5 aromatic rings. The second-order valence-electron chi connectivity index (χ2n) is 7.33. The van der Waals surface area contributed by atoms with Gasteiger partial charge < -0.3 is 4.52 Å². The summed E-state index contributed by atoms with van der Waals surface area (Å²) in [7, 11) is 0. The maximum atomic E-state index is 14.6. The van der Waals surface area contributed by atoms with Crippen LogP contribution >= 0.6 is 0 Å². The van der Waals surface area contributed by atoms with Crippen molar-refractivity contribution < 1.29 is 8.91 Å². The predicted octanol–water partition coefficient (Wildman–Crippen LogP) is 4.75. The van der Waals surface area contributed by atoms with Crippen molar-refractivity contribution in [3.05, 3.63) is 90.0 Å². The zero-order valence-electron chi connectivity index (χ0n) is 16.7. The highest BCUT2D eigenvalue weighted by molar-refractivity contribution is 5.76. The molecule has 0 aliphatic heterocycles. The molecular weight excluding hydrogens is 407 g/mol. The van der Waals surface area contributed by atoms with Crippen LogP contribution in [0.15, 0.2) is 77.6 Å². The number of nitrogens with zero attached hydrogens (tertiary/aromatic N) is 6. The molecule has 32 heavy (non-hydrogen) atoms. The number of fused-ring (bicyclic) bond motifs is 1. The lowest BCUT2D eigenvalue weighted by molar-refractivity contribution is 0.431. The minimum atomic E-state index is -0.420. The largest absolute Gasteiger partial charge is 0.332 e. The second kappa shape index (κ2) is 7.35. The van der Waals surface area contributed by atoms with Crippen molar-refractivity contribution in [2.75, 3.05) is 0 Å². The van der Waals surface area contributed by atoms with Gasteiger partial charge in [0.05, 0.1) is 0 Å². The van der Waals surface area contributed by atoms with Crippen LogP contribution in [0.5, 0.6) is 0 Å². The molecule has 0 saturated heterocycles. The minimum absolute atomic E-state index is 0.199. The van der Waals surface area contributed by atoms with Crippen LogP contribution in [-0.4, -0.2) is 30.1 Å². The van der Waals surface area contributed by atoms with Gasteiger partial charge in [-0.3, -0.25) is 4.98 Å². The molecule has 0 atom stereocenters. The molecule has 1 aliphatic rings. The molecule has 2 aromatic carbocycles. The summed E-state index contributed by atoms with van der Waals surface area (Å²) in [5, 5.41) is 12.6. The lowest BCUT2D eigenvalue weighted by Gasteiger charge is -2.08. The highest BCUT2D eigenvalue weighted by Gasteiger charge is 2.24. The fraction of sp³-hybridized carbons (Fsp3) is 0.0417. The van der Waals surface area contributed by atoms with Crippen LogP contribution in [0.4, 0.5) is 4.39 Å². The van der Waals surface area contributed by atoms with Gasteiger partial charge in [0.2, 0.25) is 5.82 Å². The van der Waals surface area contributed by atoms with Gasteiger partial charge in [-0.1, -0.05) is 46.8 Å². The third-order valence-corrected chi connectivity index (χ3v) is 5.37. The first-order chi connectivity index (χ1) is 15.8. The number of para-hydroxylation sites is 1. The highest BCUT2D eigenvalue weighted by Crippen LogP contribution is 2.33. The molecule has 0 fully saturated rings. The number of rotatable bonds is 4. The maximum absolute atomic E-state index is 14.6. The van der Waals surface area contributed by atoms with E-state index in [9.17, 15) is 4.39 Å². The smallest absolute Gasteiger partial charge is 0.281 e. The molecule has 0 bridgehead atoms. The van der Waals surface area contributed by atoms with Gasteiger partial charge in [-0.25, -0.2) is 9.07 Å². The normalized spacial score (nSPS) is 12.3. The highest BCUT2D eigenvalue weighted by atomic mass is 19.1. The number of pyridine rings is 1. The lowest BCUT2D eigenvalue weighted by atomic mass is 10.1. The van der Waals surface area contributed by atoms with Crippen molar-refractivity contribution >= 4 is 6.08 Å². The maximum Gasteiger partial charge on any atom is 0.281 e. The molecular formula is C24H15FN6O. The summed E-state index contributed by atoms with van der Waals surface area (Å²) in [5.41, 5.74) is 5.16. The Morgan fingerprint density at radius 1 is 0.969 bits per heavy atom. The van der Waals surface area contributed by atoms with Crippen LogP contribution in [0, 0.1) is 5.82 Å². The summed E-state index contributed by atoms with van der Waals surface area (Å²) in [6.07, 6.45) is 8.44. The molecule has 1 aliphatic carbocycles. The van der Waals surface area contributed by atoms with E-state index in [1.807, 2.05) is 12.1 Å². The third kappa shape index (κ3) is 3.01. The number of hydrogen-bond acceptors (Lipinski definition) is 6. The van der Waals surface area contributed by atoms with Crippen LogP contribution in [-0.2, 0) is 6.42 Å². The van der Waals surface area contributed by atoms with E-state index < -0.39 is 5.82 Å². The van der Waals surface area contributed by atoms with Gasteiger partial charge >= 0.3 is 0 Å². The molecule has 0 saturated carbocycles. The quantitative estimate of drug-likeness (QED) is 0.416. The van der Waals surface area contributed by atoms with Gasteiger partial charge in [-0.15, -0.1) is 5.10 Å². The first-order valence-electron chi connectivity index (χ1n) is 10.0. The van der Waals surface area contributed by atoms with Crippen LogP contribution < -0.4 is 0 Å². The molecule has 3 aromatic heterocycles. The van der Waals surface area contributed by atoms with Crippen LogP contribution in [0.1, 0.15) is 11.1 Å². The molecule has 0 radical (unpaired) electrons. The van der Waals surface area contributed by atoms with Gasteiger partial charge in [-0.2, -0.15) is 4.98 Å². The van der Waals surface area contributed by atoms with E-state index in [0.717, 1.165) is 23.1 Å². The number of benzene rings is 2. The van der Waals surface area contributed by atoms with Crippen LogP contribution in [0.3, 0.4) is 0 Å². The van der Waals surface area contributed by atoms with E-state index in [-0.39, 0.29) is 11.6 Å². The molecule has 0 spiro atoms. The SMILES string of the molecule is Fc1ccccc1-n1nnc(-c2nc(-c3ccc4c(c3)C=CC4)no2)c1-c1ccncc1. The van der Waals surface area contributed by atoms with Crippen molar-refractivity contribution in [2.24, 2.45) is 0 Å². The molecule has 0 amide bonds. The van der Waals surface area contributed by atoms with Gasteiger partial charge in [0.1, 0.15) is 17.2 Å². The Morgan fingerprint density at radius 2 is 1.84 bits per heavy atom. The standard InChI is InChI=1S/C24H15FN6O/c25-19-6-1-2-7-20(19)31-22(16-10-12-26-13-11-16)21(28-30-31)24-27-23(29-32-24)18-9-8-15-4-3-5-17(15)14-18/h1-3,5-14H,4H2. The Hall–Kier alpha value is -4.46. The minimum Gasteiger partial charge on any atom is -0.332 e. The van der Waals surface area contributed by atoms with E-state index in [4.69, 9.17) is 4.52 Å². The fourth-order valence-electron chi connectivity index (χ4n) is 3.81. The van der Waals surface area contributed by atoms with Gasteiger partial charge in [0.25, 0.3) is 5.89 Å². The van der Waals surface area contributed by atoms with E-state index in [1.54, 1.807) is 42.7 Å². The molecule has 3 heterocycles. The van der Waals surface area contributed by atoms with Crippen molar-refractivity contribution in [2.45, 2.75) is 6.42 Å². The summed E-state index contributed by atoms with van der Waals surface area (Å²) in [4.78, 5) is 8.63. The van der Waals surface area contributed by atoms with Crippen LogP contribution in [0.25, 0.3) is 46.0 Å². The van der Waals surface area contributed by atoms with E-state index >= 15 is 0 Å². The molecule has 8 heteroatoms. The van der Waals surface area contributed by atoms with E-state index in [0.29, 0.717) is 17.2 Å². The number of allylic oxidation sites excluding steroid dienone is 1. The predicted molar refractivity (Wildman–Crippen MR) is 116 cm³/mol. The van der Waals surface area contributed by atoms with Crippen molar-refractivity contribution in [1.82, 2.24) is 30.1 Å². The first kappa shape index (κ1) is 18.3. The monoisotopic (exact) mass is 422 g/mol. The van der Waals surface area contributed by atoms with Gasteiger partial charge in [-0.05, 0) is 47.9 Å². The molecule has 0 unspecified atom stereocenters. The summed E-state index contributed by atoms with van der Waals surface area (Å²) in [5.74, 6) is 0.228. The zero-order chi connectivity index (χ0) is 21.5. The van der Waals surface area contributed by atoms with Gasteiger partial charge in [0, 0.05) is 23.5 Å². The summed E-state index contributed by atoms with van der Waals surface area (Å²) >= 11 is 0.